The van der Waals surface area contributed by atoms with Crippen LogP contribution in [0, 0.1) is 0 Å². The molecule has 0 amide bonds. The third-order valence-electron chi connectivity index (χ3n) is 7.28. The molecular formula is C32H35N3. The van der Waals surface area contributed by atoms with Gasteiger partial charge in [-0.3, -0.25) is 0 Å². The van der Waals surface area contributed by atoms with Crippen LogP contribution in [0.25, 0.3) is 28.6 Å². The van der Waals surface area contributed by atoms with E-state index in [2.05, 4.69) is 91.5 Å². The maximum Gasteiger partial charge on any atom is 0.141 e. The highest BCUT2D eigenvalue weighted by molar-refractivity contribution is 5.99. The van der Waals surface area contributed by atoms with Crippen molar-refractivity contribution in [3.05, 3.63) is 90.0 Å². The van der Waals surface area contributed by atoms with Crippen LogP contribution in [0.15, 0.2) is 72.8 Å². The van der Waals surface area contributed by atoms with E-state index in [1.807, 2.05) is 19.2 Å². The van der Waals surface area contributed by atoms with Crippen LogP contribution in [0.3, 0.4) is 0 Å². The van der Waals surface area contributed by atoms with E-state index in [0.717, 1.165) is 60.4 Å². The van der Waals surface area contributed by atoms with Gasteiger partial charge in [0.15, 0.2) is 0 Å². The Hall–Kier alpha value is -3.59. The Labute approximate surface area is 209 Å². The number of nitrogens with one attached hydrogen (secondary N) is 1. The first-order valence-electron chi connectivity index (χ1n) is 12.7. The molecule has 1 fully saturated rings. The highest BCUT2D eigenvalue weighted by Crippen LogP contribution is 2.55. The molecule has 3 aromatic rings. The normalized spacial score (nSPS) is 16.2. The van der Waals surface area contributed by atoms with Crippen LogP contribution >= 0.6 is 0 Å². The minimum atomic E-state index is 0.0683. The molecule has 0 atom stereocenters. The first-order chi connectivity index (χ1) is 17.0. The van der Waals surface area contributed by atoms with Crippen molar-refractivity contribution in [2.24, 2.45) is 4.99 Å². The first kappa shape index (κ1) is 23.2. The fraction of sp³-hybridized carbons (Fsp3) is 0.281. The van der Waals surface area contributed by atoms with Crippen LogP contribution in [0.1, 0.15) is 68.7 Å². The quantitative estimate of drug-likeness (QED) is 0.334. The predicted molar refractivity (Wildman–Crippen MR) is 152 cm³/mol. The number of hydrogen-bond acceptors (Lipinski definition) is 2. The van der Waals surface area contributed by atoms with Gasteiger partial charge >= 0.3 is 0 Å². The summed E-state index contributed by atoms with van der Waals surface area (Å²) in [4.78, 5) is 4.94. The van der Waals surface area contributed by atoms with Crippen molar-refractivity contribution in [3.8, 4) is 11.3 Å². The summed E-state index contributed by atoms with van der Waals surface area (Å²) in [7, 11) is 0. The van der Waals surface area contributed by atoms with Crippen LogP contribution in [-0.2, 0) is 12.0 Å². The topological polar surface area (TPSA) is 29.3 Å². The first-order valence-corrected chi connectivity index (χ1v) is 12.7. The summed E-state index contributed by atoms with van der Waals surface area (Å²) in [6, 6.07) is 17.6. The molecule has 2 aliphatic rings. The molecule has 0 spiro atoms. The molecule has 0 aliphatic heterocycles. The summed E-state index contributed by atoms with van der Waals surface area (Å²) in [6.45, 7) is 15.0. The average molecular weight is 462 g/mol. The minimum Gasteiger partial charge on any atom is -0.355 e. The summed E-state index contributed by atoms with van der Waals surface area (Å²) >= 11 is 0. The Bertz CT molecular complexity index is 1330. The second-order valence-corrected chi connectivity index (χ2v) is 9.97. The Balaban J connectivity index is 1.70. The van der Waals surface area contributed by atoms with Gasteiger partial charge in [-0.2, -0.15) is 0 Å². The number of rotatable bonds is 8. The minimum absolute atomic E-state index is 0.0683. The van der Waals surface area contributed by atoms with E-state index in [9.17, 15) is 0 Å². The molecule has 2 aromatic carbocycles. The van der Waals surface area contributed by atoms with Gasteiger partial charge in [0.1, 0.15) is 5.82 Å². The van der Waals surface area contributed by atoms with Crippen molar-refractivity contribution in [1.29, 1.82) is 0 Å². The van der Waals surface area contributed by atoms with E-state index >= 15 is 0 Å². The molecular weight excluding hydrogens is 426 g/mol. The average Bonchev–Trinajstić information content (AvgIpc) is 3.52. The van der Waals surface area contributed by atoms with E-state index in [-0.39, 0.29) is 5.54 Å². The van der Waals surface area contributed by atoms with Gasteiger partial charge in [-0.05, 0) is 73.9 Å². The molecule has 1 aromatic heterocycles. The monoisotopic (exact) mass is 461 g/mol. The van der Waals surface area contributed by atoms with Crippen molar-refractivity contribution in [2.75, 3.05) is 5.32 Å². The molecule has 1 saturated carbocycles. The van der Waals surface area contributed by atoms with E-state index in [1.54, 1.807) is 0 Å². The molecule has 3 heteroatoms. The second-order valence-electron chi connectivity index (χ2n) is 9.97. The lowest BCUT2D eigenvalue weighted by atomic mass is 9.90. The third kappa shape index (κ3) is 4.20. The lowest BCUT2D eigenvalue weighted by Crippen LogP contribution is -2.14. The van der Waals surface area contributed by atoms with Crippen LogP contribution < -0.4 is 5.32 Å². The number of aryl methyl sites for hydroxylation is 1. The van der Waals surface area contributed by atoms with Crippen LogP contribution in [0.2, 0.25) is 0 Å². The second kappa shape index (κ2) is 9.22. The molecule has 3 nitrogen and oxygen atoms in total. The van der Waals surface area contributed by atoms with Gasteiger partial charge < -0.3 is 9.88 Å². The number of hydrogen-bond donors (Lipinski definition) is 1. The maximum absolute atomic E-state index is 4.94. The van der Waals surface area contributed by atoms with Crippen molar-refractivity contribution in [3.63, 3.8) is 0 Å². The Morgan fingerprint density at radius 3 is 2.37 bits per heavy atom. The molecule has 2 aliphatic carbocycles. The summed E-state index contributed by atoms with van der Waals surface area (Å²) in [5.74, 6) is 1.03. The van der Waals surface area contributed by atoms with E-state index in [0.29, 0.717) is 0 Å². The third-order valence-corrected chi connectivity index (χ3v) is 7.28. The zero-order chi connectivity index (χ0) is 24.6. The van der Waals surface area contributed by atoms with Gasteiger partial charge in [0.25, 0.3) is 0 Å². The van der Waals surface area contributed by atoms with Crippen LogP contribution in [-0.4, -0.2) is 10.8 Å². The van der Waals surface area contributed by atoms with Gasteiger partial charge in [-0.25, -0.2) is 4.99 Å². The predicted octanol–water partition coefficient (Wildman–Crippen LogP) is 8.85. The number of allylic oxidation sites excluding steroid dienone is 2. The Morgan fingerprint density at radius 2 is 1.77 bits per heavy atom. The molecule has 35 heavy (non-hydrogen) atoms. The SMILES string of the molecule is C=Cc1ccc(-c2c3c(c(/N=C\C)n2C2(C)CC2)C(=C)CC=C3Nc2ccc(CCC)cc2)cc1. The fourth-order valence-electron chi connectivity index (χ4n) is 5.12. The number of benzene rings is 2. The molecule has 0 radical (unpaired) electrons. The zero-order valence-corrected chi connectivity index (χ0v) is 21.2. The van der Waals surface area contributed by atoms with Gasteiger partial charge in [0.2, 0.25) is 0 Å². The van der Waals surface area contributed by atoms with Crippen molar-refractivity contribution < 1.29 is 0 Å². The molecule has 178 valence electrons. The van der Waals surface area contributed by atoms with Crippen molar-refractivity contribution in [1.82, 2.24) is 4.57 Å². The summed E-state index contributed by atoms with van der Waals surface area (Å²) in [5, 5.41) is 3.75. The fourth-order valence-corrected chi connectivity index (χ4v) is 5.12. The van der Waals surface area contributed by atoms with Crippen LogP contribution in [0.5, 0.6) is 0 Å². The maximum atomic E-state index is 4.94. The largest absolute Gasteiger partial charge is 0.355 e. The number of anilines is 1. The lowest BCUT2D eigenvalue weighted by molar-refractivity contribution is 0.544. The van der Waals surface area contributed by atoms with Gasteiger partial charge in [-0.1, -0.05) is 75.1 Å². The van der Waals surface area contributed by atoms with Gasteiger partial charge in [0, 0.05) is 34.3 Å². The molecule has 1 heterocycles. The van der Waals surface area contributed by atoms with Crippen molar-refractivity contribution >= 4 is 35.1 Å². The van der Waals surface area contributed by atoms with E-state index < -0.39 is 0 Å². The summed E-state index contributed by atoms with van der Waals surface area (Å²) in [5.41, 5.74) is 10.7. The molecule has 5 rings (SSSR count). The standard InChI is InChI=1S/C32H35N3/c1-6-9-24-13-17-26(18-14-24)34-27-19-10-22(4)28-29(27)30(25-15-11-23(7-2)12-16-25)35(31(28)33-8-3)32(5)20-21-32/h7-8,11-19,34H,2,4,6,9-10,20-21H2,1,3,5H3/b33-8-. The Morgan fingerprint density at radius 1 is 1.06 bits per heavy atom. The smallest absolute Gasteiger partial charge is 0.141 e. The van der Waals surface area contributed by atoms with Crippen LogP contribution in [0.4, 0.5) is 11.5 Å². The number of nitrogens with zero attached hydrogens (tertiary/aromatic N) is 2. The highest BCUT2D eigenvalue weighted by Gasteiger charge is 2.45. The Kier molecular flexibility index (Phi) is 6.10. The summed E-state index contributed by atoms with van der Waals surface area (Å²) < 4.78 is 2.48. The molecule has 0 saturated heterocycles. The van der Waals surface area contributed by atoms with E-state index in [4.69, 9.17) is 4.99 Å². The molecule has 0 unspecified atom stereocenters. The van der Waals surface area contributed by atoms with Crippen molar-refractivity contribution in [2.45, 2.75) is 58.4 Å². The molecule has 1 N–H and O–H groups in total. The van der Waals surface area contributed by atoms with Gasteiger partial charge in [0.05, 0.1) is 5.69 Å². The number of fused-ring (bicyclic) bond motifs is 1. The van der Waals surface area contributed by atoms with Gasteiger partial charge in [-0.15, -0.1) is 0 Å². The lowest BCUT2D eigenvalue weighted by Gasteiger charge is -2.21. The zero-order valence-electron chi connectivity index (χ0n) is 21.2. The van der Waals surface area contributed by atoms with E-state index in [1.165, 1.54) is 27.9 Å². The summed E-state index contributed by atoms with van der Waals surface area (Å²) in [6.07, 6.45) is 11.5. The highest BCUT2D eigenvalue weighted by atomic mass is 15.2. The molecule has 0 bridgehead atoms. The number of aromatic nitrogens is 1. The number of aliphatic imine (C=N–C) groups is 1.